The normalized spacial score (nSPS) is 19.0. The Morgan fingerprint density at radius 1 is 0.968 bits per heavy atom. The number of sulfone groups is 1. The summed E-state index contributed by atoms with van der Waals surface area (Å²) in [6, 6.07) is 10.2. The van der Waals surface area contributed by atoms with E-state index >= 15 is 0 Å². The van der Waals surface area contributed by atoms with Gasteiger partial charge in [0.1, 0.15) is 0 Å². The molecule has 1 fully saturated rings. The Kier molecular flexibility index (Phi) is 6.01. The number of benzene rings is 2. The first-order valence-electron chi connectivity index (χ1n) is 10.7. The van der Waals surface area contributed by atoms with Crippen LogP contribution in [0.5, 0.6) is 0 Å². The van der Waals surface area contributed by atoms with E-state index in [1.54, 1.807) is 12.1 Å². The van der Waals surface area contributed by atoms with E-state index in [0.717, 1.165) is 50.2 Å². The van der Waals surface area contributed by atoms with E-state index in [9.17, 15) is 21.6 Å². The van der Waals surface area contributed by atoms with Gasteiger partial charge in [-0.3, -0.25) is 0 Å². The van der Waals surface area contributed by atoms with Crippen LogP contribution in [0.2, 0.25) is 0 Å². The van der Waals surface area contributed by atoms with Crippen LogP contribution in [0.4, 0.5) is 13.2 Å². The lowest BCUT2D eigenvalue weighted by Gasteiger charge is -2.26. The standard InChI is InChI=1S/C24H26F3NO2S/c1-17-23(19-8-10-20(11-9-19)24(25,26)27)21-12-7-18(16-22(21)31(17,29)30)6-5-15-28-13-3-2-4-14-28/h7-12,16H,2-6,13-15H2,1H3. The molecule has 1 saturated heterocycles. The van der Waals surface area contributed by atoms with E-state index in [0.29, 0.717) is 16.7 Å². The van der Waals surface area contributed by atoms with Gasteiger partial charge in [0.15, 0.2) is 0 Å². The molecular formula is C24H26F3NO2S. The molecule has 0 spiro atoms. The Balaban J connectivity index is 1.56. The number of halogens is 3. The van der Waals surface area contributed by atoms with E-state index in [2.05, 4.69) is 4.90 Å². The molecular weight excluding hydrogens is 423 g/mol. The lowest BCUT2D eigenvalue weighted by atomic mass is 9.95. The van der Waals surface area contributed by atoms with Crippen molar-refractivity contribution in [2.75, 3.05) is 19.6 Å². The molecule has 4 rings (SSSR count). The Morgan fingerprint density at radius 2 is 1.65 bits per heavy atom. The molecule has 0 aliphatic carbocycles. The van der Waals surface area contributed by atoms with Crippen LogP contribution in [0.3, 0.4) is 0 Å². The molecule has 2 aromatic carbocycles. The molecule has 0 unspecified atom stereocenters. The van der Waals surface area contributed by atoms with Crippen LogP contribution >= 0.6 is 0 Å². The summed E-state index contributed by atoms with van der Waals surface area (Å²) in [5.41, 5.74) is 1.76. The first kappa shape index (κ1) is 22.1. The van der Waals surface area contributed by atoms with E-state index in [-0.39, 0.29) is 9.80 Å². The minimum atomic E-state index is -4.43. The quantitative estimate of drug-likeness (QED) is 0.589. The van der Waals surface area contributed by atoms with Crippen molar-refractivity contribution in [1.29, 1.82) is 0 Å². The van der Waals surface area contributed by atoms with Crippen LogP contribution in [-0.4, -0.2) is 33.0 Å². The summed E-state index contributed by atoms with van der Waals surface area (Å²) in [6.45, 7) is 4.81. The molecule has 0 N–H and O–H groups in total. The number of likely N-dealkylation sites (tertiary alicyclic amines) is 1. The fourth-order valence-corrected chi connectivity index (χ4v) is 6.11. The van der Waals surface area contributed by atoms with Crippen molar-refractivity contribution in [2.45, 2.75) is 50.1 Å². The van der Waals surface area contributed by atoms with Gasteiger partial charge in [0.05, 0.1) is 15.4 Å². The maximum Gasteiger partial charge on any atom is 0.416 e. The van der Waals surface area contributed by atoms with Crippen LogP contribution in [0.15, 0.2) is 52.3 Å². The number of allylic oxidation sites excluding steroid dienone is 1. The average molecular weight is 450 g/mol. The van der Waals surface area contributed by atoms with E-state index < -0.39 is 21.6 Å². The van der Waals surface area contributed by atoms with Crippen molar-refractivity contribution in [3.63, 3.8) is 0 Å². The summed E-state index contributed by atoms with van der Waals surface area (Å²) >= 11 is 0. The number of piperidine rings is 1. The van der Waals surface area contributed by atoms with E-state index in [4.69, 9.17) is 0 Å². The second kappa shape index (κ2) is 8.43. The molecule has 0 saturated carbocycles. The van der Waals surface area contributed by atoms with Crippen molar-refractivity contribution in [3.8, 4) is 0 Å². The third kappa shape index (κ3) is 4.44. The van der Waals surface area contributed by atoms with Gasteiger partial charge >= 0.3 is 6.18 Å². The Morgan fingerprint density at radius 3 is 2.29 bits per heavy atom. The first-order valence-corrected chi connectivity index (χ1v) is 12.2. The van der Waals surface area contributed by atoms with Crippen molar-refractivity contribution >= 4 is 15.4 Å². The summed E-state index contributed by atoms with van der Waals surface area (Å²) in [5, 5.41) is 0. The number of hydrogen-bond donors (Lipinski definition) is 0. The van der Waals surface area contributed by atoms with Crippen molar-refractivity contribution in [3.05, 3.63) is 69.6 Å². The maximum atomic E-state index is 13.0. The molecule has 2 aromatic rings. The second-order valence-corrected chi connectivity index (χ2v) is 10.4. The largest absolute Gasteiger partial charge is 0.416 e. The minimum Gasteiger partial charge on any atom is -0.303 e. The van der Waals surface area contributed by atoms with Gasteiger partial charge in [-0.2, -0.15) is 13.2 Å². The number of aryl methyl sites for hydroxylation is 1. The fourth-order valence-electron chi connectivity index (χ4n) is 4.51. The predicted octanol–water partition coefficient (Wildman–Crippen LogP) is 5.69. The Hall–Kier alpha value is -2.12. The van der Waals surface area contributed by atoms with Crippen molar-refractivity contribution in [2.24, 2.45) is 0 Å². The average Bonchev–Trinajstić information content (AvgIpc) is 2.94. The van der Waals surface area contributed by atoms with Gasteiger partial charge in [-0.25, -0.2) is 8.42 Å². The van der Waals surface area contributed by atoms with Gasteiger partial charge in [0, 0.05) is 11.1 Å². The van der Waals surface area contributed by atoms with Crippen LogP contribution in [-0.2, 0) is 22.4 Å². The Labute approximate surface area is 181 Å². The Bertz CT molecular complexity index is 1100. The molecule has 2 aliphatic rings. The summed E-state index contributed by atoms with van der Waals surface area (Å²) in [7, 11) is -3.64. The molecule has 0 radical (unpaired) electrons. The highest BCUT2D eigenvalue weighted by atomic mass is 32.2. The third-order valence-corrected chi connectivity index (χ3v) is 8.18. The second-order valence-electron chi connectivity index (χ2n) is 8.35. The number of rotatable bonds is 5. The number of alkyl halides is 3. The van der Waals surface area contributed by atoms with Crippen LogP contribution in [0, 0.1) is 0 Å². The van der Waals surface area contributed by atoms with Crippen molar-refractivity contribution in [1.82, 2.24) is 4.90 Å². The molecule has 166 valence electrons. The summed E-state index contributed by atoms with van der Waals surface area (Å²) < 4.78 is 64.7. The zero-order valence-corrected chi connectivity index (χ0v) is 18.3. The summed E-state index contributed by atoms with van der Waals surface area (Å²) in [5.74, 6) is 0. The number of nitrogens with zero attached hydrogens (tertiary/aromatic N) is 1. The molecule has 31 heavy (non-hydrogen) atoms. The third-order valence-electron chi connectivity index (χ3n) is 6.25. The molecule has 7 heteroatoms. The van der Waals surface area contributed by atoms with Crippen LogP contribution < -0.4 is 0 Å². The molecule has 0 bridgehead atoms. The van der Waals surface area contributed by atoms with Gasteiger partial charge in [-0.05, 0) is 81.6 Å². The highest BCUT2D eigenvalue weighted by molar-refractivity contribution is 7.95. The molecule has 0 amide bonds. The first-order chi connectivity index (χ1) is 14.7. The van der Waals surface area contributed by atoms with Gasteiger partial charge in [0.25, 0.3) is 0 Å². The van der Waals surface area contributed by atoms with Gasteiger partial charge in [0.2, 0.25) is 9.84 Å². The zero-order chi connectivity index (χ0) is 22.2. The fraction of sp³-hybridized carbons (Fsp3) is 0.417. The van der Waals surface area contributed by atoms with Crippen LogP contribution in [0.1, 0.15) is 54.9 Å². The topological polar surface area (TPSA) is 37.4 Å². The highest BCUT2D eigenvalue weighted by Gasteiger charge is 2.35. The number of hydrogen-bond acceptors (Lipinski definition) is 3. The lowest BCUT2D eigenvalue weighted by molar-refractivity contribution is -0.137. The molecule has 3 nitrogen and oxygen atoms in total. The van der Waals surface area contributed by atoms with Gasteiger partial charge < -0.3 is 4.90 Å². The molecule has 0 aromatic heterocycles. The molecule has 2 aliphatic heterocycles. The van der Waals surface area contributed by atoms with E-state index in [1.165, 1.54) is 38.3 Å². The summed E-state index contributed by atoms with van der Waals surface area (Å²) in [6.07, 6.45) is 1.13. The molecule has 0 atom stereocenters. The predicted molar refractivity (Wildman–Crippen MR) is 115 cm³/mol. The van der Waals surface area contributed by atoms with Gasteiger partial charge in [-0.15, -0.1) is 0 Å². The monoisotopic (exact) mass is 449 g/mol. The maximum absolute atomic E-state index is 13.0. The van der Waals surface area contributed by atoms with E-state index in [1.807, 2.05) is 6.07 Å². The molecule has 2 heterocycles. The minimum absolute atomic E-state index is 0.188. The highest BCUT2D eigenvalue weighted by Crippen LogP contribution is 2.43. The smallest absolute Gasteiger partial charge is 0.303 e. The van der Waals surface area contributed by atoms with Crippen LogP contribution in [0.25, 0.3) is 5.57 Å². The van der Waals surface area contributed by atoms with Gasteiger partial charge in [-0.1, -0.05) is 30.7 Å². The summed E-state index contributed by atoms with van der Waals surface area (Å²) in [4.78, 5) is 2.91. The lowest BCUT2D eigenvalue weighted by Crippen LogP contribution is -2.30. The van der Waals surface area contributed by atoms with Crippen molar-refractivity contribution < 1.29 is 21.6 Å². The SMILES string of the molecule is CC1=C(c2ccc(C(F)(F)F)cc2)c2ccc(CCCN3CCCCC3)cc2S1(=O)=O. The zero-order valence-electron chi connectivity index (χ0n) is 17.5. The number of fused-ring (bicyclic) bond motifs is 1.